The number of rotatable bonds is 6. The second kappa shape index (κ2) is 9.60. The summed E-state index contributed by atoms with van der Waals surface area (Å²) in [5, 5.41) is 4.35. The van der Waals surface area contributed by atoms with Crippen LogP contribution < -0.4 is 5.32 Å². The summed E-state index contributed by atoms with van der Waals surface area (Å²) in [5.41, 5.74) is 2.32. The summed E-state index contributed by atoms with van der Waals surface area (Å²) in [6.45, 7) is 3.06. The highest BCUT2D eigenvalue weighted by atomic mass is 35.5. The first-order chi connectivity index (χ1) is 14.6. The average molecular weight is 445 g/mol. The summed E-state index contributed by atoms with van der Waals surface area (Å²) in [6, 6.07) is 10.9. The van der Waals surface area contributed by atoms with Gasteiger partial charge in [-0.3, -0.25) is 4.79 Å². The molecule has 6 nitrogen and oxygen atoms in total. The van der Waals surface area contributed by atoms with Crippen molar-refractivity contribution in [1.82, 2.24) is 20.2 Å². The summed E-state index contributed by atoms with van der Waals surface area (Å²) in [7, 11) is 0. The van der Waals surface area contributed by atoms with Crippen molar-refractivity contribution in [2.75, 3.05) is 19.6 Å². The lowest BCUT2D eigenvalue weighted by molar-refractivity contribution is 0.0690. The zero-order chi connectivity index (χ0) is 20.9. The van der Waals surface area contributed by atoms with E-state index in [0.29, 0.717) is 33.8 Å². The van der Waals surface area contributed by atoms with Gasteiger partial charge in [-0.25, -0.2) is 9.97 Å². The molecule has 4 rings (SSSR count). The van der Waals surface area contributed by atoms with Gasteiger partial charge >= 0.3 is 0 Å². The van der Waals surface area contributed by atoms with E-state index in [-0.39, 0.29) is 5.91 Å². The second-order valence-electron chi connectivity index (χ2n) is 7.38. The number of carbonyl (C=O) groups is 1. The molecule has 8 heteroatoms. The Morgan fingerprint density at radius 1 is 1.17 bits per heavy atom. The molecule has 1 amide bonds. The molecule has 1 saturated heterocycles. The number of oxazole rings is 1. The van der Waals surface area contributed by atoms with Crippen LogP contribution in [-0.4, -0.2) is 40.4 Å². The van der Waals surface area contributed by atoms with Crippen LogP contribution in [0.4, 0.5) is 0 Å². The molecule has 0 unspecified atom stereocenters. The molecule has 1 aliphatic rings. The van der Waals surface area contributed by atoms with E-state index < -0.39 is 0 Å². The Bertz CT molecular complexity index is 1000. The fourth-order valence-electron chi connectivity index (χ4n) is 3.61. The Hall–Kier alpha value is -2.41. The van der Waals surface area contributed by atoms with Crippen LogP contribution in [0.15, 0.2) is 53.4 Å². The van der Waals surface area contributed by atoms with Gasteiger partial charge in [0, 0.05) is 25.2 Å². The smallest absolute Gasteiger partial charge is 0.253 e. The van der Waals surface area contributed by atoms with E-state index in [1.807, 2.05) is 23.1 Å². The minimum absolute atomic E-state index is 0.00778. The molecule has 0 spiro atoms. The number of nitrogens with one attached hydrogen (secondary N) is 1. The van der Waals surface area contributed by atoms with Crippen molar-refractivity contribution < 1.29 is 9.21 Å². The van der Waals surface area contributed by atoms with Gasteiger partial charge in [0.1, 0.15) is 5.69 Å². The number of amides is 1. The molecule has 1 aliphatic heterocycles. The van der Waals surface area contributed by atoms with Crippen LogP contribution in [0.5, 0.6) is 0 Å². The van der Waals surface area contributed by atoms with Gasteiger partial charge in [-0.1, -0.05) is 29.3 Å². The lowest BCUT2D eigenvalue weighted by Gasteiger charge is -2.32. The number of likely N-dealkylation sites (tertiary alicyclic amines) is 1. The van der Waals surface area contributed by atoms with E-state index >= 15 is 0 Å². The Morgan fingerprint density at radius 2 is 2.00 bits per heavy atom. The highest BCUT2D eigenvalue weighted by Gasteiger charge is 2.23. The maximum absolute atomic E-state index is 12.7. The number of benzene rings is 1. The standard InChI is InChI=1S/C22H22Cl2N4O2/c23-18-5-4-16(10-19(18)24)22(29)28-8-6-15(7-9-28)11-25-12-17-2-1-3-20(27-17)21-13-26-14-30-21/h1-5,10,13-15,25H,6-9,11-12H2. The number of piperidine rings is 1. The largest absolute Gasteiger partial charge is 0.442 e. The molecule has 0 aliphatic carbocycles. The molecule has 0 radical (unpaired) electrons. The molecule has 0 atom stereocenters. The van der Waals surface area contributed by atoms with Gasteiger partial charge in [-0.2, -0.15) is 0 Å². The number of hydrogen-bond donors (Lipinski definition) is 1. The zero-order valence-electron chi connectivity index (χ0n) is 16.4. The van der Waals surface area contributed by atoms with E-state index in [4.69, 9.17) is 27.6 Å². The first-order valence-electron chi connectivity index (χ1n) is 9.90. The van der Waals surface area contributed by atoms with Crippen molar-refractivity contribution in [1.29, 1.82) is 0 Å². The van der Waals surface area contributed by atoms with E-state index in [9.17, 15) is 4.79 Å². The van der Waals surface area contributed by atoms with Gasteiger partial charge in [0.15, 0.2) is 12.2 Å². The number of pyridine rings is 1. The van der Waals surface area contributed by atoms with E-state index in [2.05, 4.69) is 15.3 Å². The molecule has 3 heterocycles. The predicted molar refractivity (Wildman–Crippen MR) is 117 cm³/mol. The van der Waals surface area contributed by atoms with Crippen molar-refractivity contribution in [2.45, 2.75) is 19.4 Å². The number of halogens is 2. The maximum atomic E-state index is 12.7. The van der Waals surface area contributed by atoms with Crippen molar-refractivity contribution in [3.63, 3.8) is 0 Å². The Kier molecular flexibility index (Phi) is 6.67. The van der Waals surface area contributed by atoms with E-state index in [1.54, 1.807) is 24.4 Å². The zero-order valence-corrected chi connectivity index (χ0v) is 17.9. The third kappa shape index (κ3) is 5.01. The van der Waals surface area contributed by atoms with Crippen LogP contribution in [0.3, 0.4) is 0 Å². The molecular weight excluding hydrogens is 423 g/mol. The van der Waals surface area contributed by atoms with Crippen LogP contribution in [0.25, 0.3) is 11.5 Å². The summed E-state index contributed by atoms with van der Waals surface area (Å²) < 4.78 is 5.31. The van der Waals surface area contributed by atoms with Crippen molar-refractivity contribution in [3.8, 4) is 11.5 Å². The van der Waals surface area contributed by atoms with Crippen LogP contribution in [0.2, 0.25) is 10.0 Å². The summed E-state index contributed by atoms with van der Waals surface area (Å²) in [6.07, 6.45) is 4.99. The van der Waals surface area contributed by atoms with Gasteiger partial charge < -0.3 is 14.6 Å². The normalized spacial score (nSPS) is 14.8. The Balaban J connectivity index is 1.24. The van der Waals surface area contributed by atoms with Gasteiger partial charge in [-0.15, -0.1) is 0 Å². The number of carbonyl (C=O) groups excluding carboxylic acids is 1. The van der Waals surface area contributed by atoms with Crippen molar-refractivity contribution >= 4 is 29.1 Å². The first-order valence-corrected chi connectivity index (χ1v) is 10.7. The van der Waals surface area contributed by atoms with Crippen LogP contribution in [0, 0.1) is 5.92 Å². The highest BCUT2D eigenvalue weighted by Crippen LogP contribution is 2.25. The molecule has 30 heavy (non-hydrogen) atoms. The highest BCUT2D eigenvalue weighted by molar-refractivity contribution is 6.42. The lowest BCUT2D eigenvalue weighted by atomic mass is 9.96. The maximum Gasteiger partial charge on any atom is 0.253 e. The second-order valence-corrected chi connectivity index (χ2v) is 8.19. The molecule has 0 saturated carbocycles. The summed E-state index contributed by atoms with van der Waals surface area (Å²) in [4.78, 5) is 23.1. The van der Waals surface area contributed by atoms with E-state index in [0.717, 1.165) is 43.9 Å². The minimum atomic E-state index is 0.00778. The molecule has 0 bridgehead atoms. The fourth-order valence-corrected chi connectivity index (χ4v) is 3.91. The lowest BCUT2D eigenvalue weighted by Crippen LogP contribution is -2.40. The monoisotopic (exact) mass is 444 g/mol. The fraction of sp³-hybridized carbons (Fsp3) is 0.318. The topological polar surface area (TPSA) is 71.3 Å². The van der Waals surface area contributed by atoms with Crippen LogP contribution >= 0.6 is 23.2 Å². The number of hydrogen-bond acceptors (Lipinski definition) is 5. The Labute approximate surface area is 185 Å². The SMILES string of the molecule is O=C(c1ccc(Cl)c(Cl)c1)N1CCC(CNCc2cccc(-c3cnco3)n2)CC1. The molecular formula is C22H22Cl2N4O2. The third-order valence-electron chi connectivity index (χ3n) is 5.30. The van der Waals surface area contributed by atoms with Crippen LogP contribution in [0.1, 0.15) is 28.9 Å². The van der Waals surface area contributed by atoms with Gasteiger partial charge in [0.25, 0.3) is 5.91 Å². The summed E-state index contributed by atoms with van der Waals surface area (Å²) >= 11 is 12.0. The van der Waals surface area contributed by atoms with E-state index in [1.165, 1.54) is 6.39 Å². The molecule has 3 aromatic rings. The van der Waals surface area contributed by atoms with Crippen molar-refractivity contribution in [2.24, 2.45) is 5.92 Å². The van der Waals surface area contributed by atoms with Crippen molar-refractivity contribution in [3.05, 3.63) is 70.3 Å². The summed E-state index contributed by atoms with van der Waals surface area (Å²) in [5.74, 6) is 1.20. The van der Waals surface area contributed by atoms with Gasteiger partial charge in [-0.05, 0) is 55.6 Å². The molecule has 1 aromatic carbocycles. The van der Waals surface area contributed by atoms with Crippen LogP contribution in [-0.2, 0) is 6.54 Å². The number of aromatic nitrogens is 2. The average Bonchev–Trinajstić information content (AvgIpc) is 3.31. The first kappa shape index (κ1) is 20.8. The molecule has 2 aromatic heterocycles. The number of nitrogens with zero attached hydrogens (tertiary/aromatic N) is 3. The van der Waals surface area contributed by atoms with Gasteiger partial charge in [0.05, 0.1) is 21.9 Å². The predicted octanol–water partition coefficient (Wildman–Crippen LogP) is 4.69. The molecule has 156 valence electrons. The third-order valence-corrected chi connectivity index (χ3v) is 6.04. The molecule has 1 fully saturated rings. The molecule has 1 N–H and O–H groups in total. The Morgan fingerprint density at radius 3 is 2.73 bits per heavy atom. The minimum Gasteiger partial charge on any atom is -0.442 e. The quantitative estimate of drug-likeness (QED) is 0.597. The van der Waals surface area contributed by atoms with Gasteiger partial charge in [0.2, 0.25) is 0 Å².